The predicted molar refractivity (Wildman–Crippen MR) is 93.4 cm³/mol. The SMILES string of the molecule is C=CCOc1cc(OCOCC[Si](C)(C)C)c(Cl)cc1[N+](=O)[O-]. The van der Waals surface area contributed by atoms with E-state index < -0.39 is 13.0 Å². The largest absolute Gasteiger partial charge is 0.482 e. The molecule has 1 rings (SSSR count). The van der Waals surface area contributed by atoms with Gasteiger partial charge in [-0.3, -0.25) is 10.1 Å². The van der Waals surface area contributed by atoms with Crippen molar-refractivity contribution in [3.05, 3.63) is 39.9 Å². The molecule has 0 spiro atoms. The number of nitro groups is 1. The number of nitrogens with zero attached hydrogens (tertiary/aromatic N) is 1. The van der Waals surface area contributed by atoms with E-state index in [9.17, 15) is 10.1 Å². The van der Waals surface area contributed by atoms with Gasteiger partial charge in [0, 0.05) is 26.8 Å². The third kappa shape index (κ3) is 7.02. The summed E-state index contributed by atoms with van der Waals surface area (Å²) < 4.78 is 16.2. The Morgan fingerprint density at radius 1 is 1.30 bits per heavy atom. The number of nitro benzene ring substituents is 1. The highest BCUT2D eigenvalue weighted by Gasteiger charge is 2.20. The van der Waals surface area contributed by atoms with Gasteiger partial charge < -0.3 is 14.2 Å². The minimum atomic E-state index is -1.15. The van der Waals surface area contributed by atoms with Gasteiger partial charge >= 0.3 is 5.69 Å². The lowest BCUT2D eigenvalue weighted by molar-refractivity contribution is -0.385. The van der Waals surface area contributed by atoms with Crippen LogP contribution < -0.4 is 9.47 Å². The molecule has 0 aliphatic rings. The van der Waals surface area contributed by atoms with Crippen LogP contribution in [0, 0.1) is 10.1 Å². The average Bonchev–Trinajstić information content (AvgIpc) is 2.45. The van der Waals surface area contributed by atoms with E-state index in [0.29, 0.717) is 6.61 Å². The molecule has 1 aromatic rings. The van der Waals surface area contributed by atoms with Crippen LogP contribution in [-0.4, -0.2) is 33.0 Å². The predicted octanol–water partition coefficient (Wildman–Crippen LogP) is 4.50. The van der Waals surface area contributed by atoms with E-state index in [0.717, 1.165) is 6.04 Å². The molecule has 6 nitrogen and oxygen atoms in total. The van der Waals surface area contributed by atoms with Gasteiger partial charge in [-0.1, -0.05) is 43.9 Å². The molecule has 128 valence electrons. The second kappa shape index (κ2) is 8.90. The Hall–Kier alpha value is -1.57. The van der Waals surface area contributed by atoms with Gasteiger partial charge in [0.1, 0.15) is 12.4 Å². The molecule has 0 unspecified atom stereocenters. The van der Waals surface area contributed by atoms with E-state index in [1.807, 2.05) is 0 Å². The lowest BCUT2D eigenvalue weighted by Crippen LogP contribution is -2.22. The smallest absolute Gasteiger partial charge is 0.312 e. The molecule has 0 atom stereocenters. The van der Waals surface area contributed by atoms with Crippen LogP contribution in [0.15, 0.2) is 24.8 Å². The molecule has 8 heteroatoms. The van der Waals surface area contributed by atoms with Crippen LogP contribution in [0.2, 0.25) is 30.7 Å². The van der Waals surface area contributed by atoms with Gasteiger partial charge in [-0.25, -0.2) is 0 Å². The molecule has 0 bridgehead atoms. The van der Waals surface area contributed by atoms with Crippen molar-refractivity contribution >= 4 is 25.4 Å². The second-order valence-corrected chi connectivity index (χ2v) is 12.1. The molecule has 0 aliphatic heterocycles. The van der Waals surface area contributed by atoms with Gasteiger partial charge in [0.15, 0.2) is 6.79 Å². The Balaban J connectivity index is 2.71. The summed E-state index contributed by atoms with van der Waals surface area (Å²) in [4.78, 5) is 10.5. The quantitative estimate of drug-likeness (QED) is 0.153. The fourth-order valence-electron chi connectivity index (χ4n) is 1.58. The third-order valence-electron chi connectivity index (χ3n) is 2.86. The molecular formula is C15H22ClNO5Si. The van der Waals surface area contributed by atoms with Crippen LogP contribution >= 0.6 is 11.6 Å². The van der Waals surface area contributed by atoms with E-state index in [1.54, 1.807) is 0 Å². The lowest BCUT2D eigenvalue weighted by Gasteiger charge is -2.16. The van der Waals surface area contributed by atoms with Crippen molar-refractivity contribution in [2.45, 2.75) is 25.7 Å². The monoisotopic (exact) mass is 359 g/mol. The molecular weight excluding hydrogens is 338 g/mol. The summed E-state index contributed by atoms with van der Waals surface area (Å²) in [5.41, 5.74) is -0.219. The van der Waals surface area contributed by atoms with Crippen molar-refractivity contribution in [1.82, 2.24) is 0 Å². The first-order valence-corrected chi connectivity index (χ1v) is 11.3. The Kier molecular flexibility index (Phi) is 7.54. The summed E-state index contributed by atoms with van der Waals surface area (Å²) >= 11 is 6.01. The van der Waals surface area contributed by atoms with Crippen molar-refractivity contribution in [2.24, 2.45) is 0 Å². The van der Waals surface area contributed by atoms with Crippen molar-refractivity contribution in [3.63, 3.8) is 0 Å². The zero-order valence-electron chi connectivity index (χ0n) is 13.6. The van der Waals surface area contributed by atoms with Gasteiger partial charge in [0.25, 0.3) is 0 Å². The molecule has 0 radical (unpaired) electrons. The number of rotatable bonds is 10. The van der Waals surface area contributed by atoms with E-state index in [4.69, 9.17) is 25.8 Å². The zero-order valence-corrected chi connectivity index (χ0v) is 15.4. The Morgan fingerprint density at radius 3 is 2.57 bits per heavy atom. The Morgan fingerprint density at radius 2 is 2.00 bits per heavy atom. The van der Waals surface area contributed by atoms with Crippen LogP contribution in [0.1, 0.15) is 0 Å². The average molecular weight is 360 g/mol. The number of benzene rings is 1. The Labute approximate surface area is 142 Å². The maximum absolute atomic E-state index is 11.0. The van der Waals surface area contributed by atoms with Crippen molar-refractivity contribution < 1.29 is 19.1 Å². The molecule has 0 aliphatic carbocycles. The molecule has 0 heterocycles. The van der Waals surface area contributed by atoms with E-state index in [2.05, 4.69) is 26.2 Å². The van der Waals surface area contributed by atoms with Gasteiger partial charge in [-0.05, 0) is 6.04 Å². The second-order valence-electron chi connectivity index (χ2n) is 6.09. The number of hydrogen-bond acceptors (Lipinski definition) is 5. The molecule has 1 aromatic carbocycles. The van der Waals surface area contributed by atoms with Crippen molar-refractivity contribution in [3.8, 4) is 11.5 Å². The minimum absolute atomic E-state index is 0.0307. The molecule has 0 saturated heterocycles. The van der Waals surface area contributed by atoms with E-state index >= 15 is 0 Å². The fourth-order valence-corrected chi connectivity index (χ4v) is 2.55. The van der Waals surface area contributed by atoms with E-state index in [-0.39, 0.29) is 35.6 Å². The van der Waals surface area contributed by atoms with Crippen LogP contribution in [0.3, 0.4) is 0 Å². The normalized spacial score (nSPS) is 11.1. The van der Waals surface area contributed by atoms with Gasteiger partial charge in [0.2, 0.25) is 5.75 Å². The maximum Gasteiger partial charge on any atom is 0.312 e. The first-order valence-electron chi connectivity index (χ1n) is 7.17. The summed E-state index contributed by atoms with van der Waals surface area (Å²) in [6.07, 6.45) is 1.50. The van der Waals surface area contributed by atoms with E-state index in [1.165, 1.54) is 18.2 Å². The van der Waals surface area contributed by atoms with Crippen molar-refractivity contribution in [1.29, 1.82) is 0 Å². The third-order valence-corrected chi connectivity index (χ3v) is 4.86. The topological polar surface area (TPSA) is 70.8 Å². The summed E-state index contributed by atoms with van der Waals surface area (Å²) in [7, 11) is -1.15. The molecule has 0 amide bonds. The highest BCUT2D eigenvalue weighted by Crippen LogP contribution is 2.37. The van der Waals surface area contributed by atoms with Crippen LogP contribution in [0.5, 0.6) is 11.5 Å². The number of hydrogen-bond donors (Lipinski definition) is 0. The Bertz CT molecular complexity index is 560. The van der Waals surface area contributed by atoms with Crippen LogP contribution in [0.4, 0.5) is 5.69 Å². The summed E-state index contributed by atoms with van der Waals surface area (Å²) in [6, 6.07) is 3.63. The van der Waals surface area contributed by atoms with Gasteiger partial charge in [0.05, 0.1) is 9.95 Å². The summed E-state index contributed by atoms with van der Waals surface area (Å²) in [6.45, 7) is 11.1. The standard InChI is InChI=1S/C15H22ClNO5Si/c1-5-6-21-15-10-14(12(16)9-13(15)17(18)19)22-11-20-7-8-23(2,3)4/h5,9-10H,1,6-8,11H2,2-4H3. The molecule has 0 saturated carbocycles. The number of ether oxygens (including phenoxy) is 3. The van der Waals surface area contributed by atoms with Crippen LogP contribution in [0.25, 0.3) is 0 Å². The maximum atomic E-state index is 11.0. The first-order chi connectivity index (χ1) is 10.7. The van der Waals surface area contributed by atoms with Gasteiger partial charge in [-0.2, -0.15) is 0 Å². The molecule has 0 fully saturated rings. The van der Waals surface area contributed by atoms with Crippen LogP contribution in [-0.2, 0) is 4.74 Å². The first kappa shape index (κ1) is 19.5. The molecule has 0 N–H and O–H groups in total. The summed E-state index contributed by atoms with van der Waals surface area (Å²) in [5, 5.41) is 11.2. The zero-order chi connectivity index (χ0) is 17.5. The lowest BCUT2D eigenvalue weighted by atomic mass is 10.3. The number of halogens is 1. The summed E-state index contributed by atoms with van der Waals surface area (Å²) in [5.74, 6) is 0.362. The van der Waals surface area contributed by atoms with Crippen molar-refractivity contribution in [2.75, 3.05) is 20.0 Å². The van der Waals surface area contributed by atoms with Gasteiger partial charge in [-0.15, -0.1) is 0 Å². The molecule has 0 aromatic heterocycles. The minimum Gasteiger partial charge on any atom is -0.482 e. The molecule has 23 heavy (non-hydrogen) atoms. The highest BCUT2D eigenvalue weighted by atomic mass is 35.5. The fraction of sp³-hybridized carbons (Fsp3) is 0.467. The highest BCUT2D eigenvalue weighted by molar-refractivity contribution is 6.76.